The molecule has 0 radical (unpaired) electrons. The summed E-state index contributed by atoms with van der Waals surface area (Å²) < 4.78 is 24.2. The zero-order chi connectivity index (χ0) is 34.3. The average Bonchev–Trinajstić information content (AvgIpc) is 3.68. The number of aliphatic hydroxyl groups is 2. The molecule has 10 atom stereocenters. The van der Waals surface area contributed by atoms with E-state index in [2.05, 4.69) is 60.7 Å². The monoisotopic (exact) mass is 650 g/mol. The summed E-state index contributed by atoms with van der Waals surface area (Å²) in [6, 6.07) is 0. The minimum absolute atomic E-state index is 0.152. The molecule has 0 bridgehead atoms. The molecule has 8 nitrogen and oxygen atoms in total. The van der Waals surface area contributed by atoms with Crippen molar-refractivity contribution in [1.29, 1.82) is 0 Å². The van der Waals surface area contributed by atoms with Crippen LogP contribution in [0.4, 0.5) is 0 Å². The maximum absolute atomic E-state index is 12.7. The number of carbonyl (C=O) groups excluding carboxylic acids is 2. The molecule has 0 aromatic heterocycles. The highest BCUT2D eigenvalue weighted by molar-refractivity contribution is 6.74. The normalized spacial score (nSPS) is 32.7. The molecule has 2 N–H and O–H groups in total. The van der Waals surface area contributed by atoms with Crippen molar-refractivity contribution in [3.8, 4) is 0 Å². The highest BCUT2D eigenvalue weighted by Gasteiger charge is 2.48. The SMILES string of the molecule is CC[C@H](O[Si](C)(C)C(C)(C)C)[C@@H](C)[C@H]1O[C@@H]1C[C@H](C)C=CC=C(C)[C@H]1OC(=O)C[C@H](O)CC[C@@](C)(O)[C@@H](OC(C)=O)C=C[C@@H]1C. The number of esters is 2. The van der Waals surface area contributed by atoms with Crippen LogP contribution in [0.2, 0.25) is 18.1 Å². The Morgan fingerprint density at radius 3 is 2.44 bits per heavy atom. The summed E-state index contributed by atoms with van der Waals surface area (Å²) in [5.41, 5.74) is -0.559. The molecule has 2 heterocycles. The van der Waals surface area contributed by atoms with Crippen molar-refractivity contribution < 1.29 is 38.4 Å². The molecule has 1 fully saturated rings. The third kappa shape index (κ3) is 12.1. The zero-order valence-corrected chi connectivity index (χ0v) is 31.0. The first-order valence-corrected chi connectivity index (χ1v) is 19.7. The third-order valence-electron chi connectivity index (χ3n) is 9.85. The Morgan fingerprint density at radius 1 is 1.22 bits per heavy atom. The summed E-state index contributed by atoms with van der Waals surface area (Å²) in [6.07, 6.45) is 9.74. The van der Waals surface area contributed by atoms with Crippen LogP contribution in [-0.2, 0) is 28.2 Å². The highest BCUT2D eigenvalue weighted by Crippen LogP contribution is 2.42. The Balaban J connectivity index is 2.09. The van der Waals surface area contributed by atoms with E-state index in [1.165, 1.54) is 6.92 Å². The predicted octanol–water partition coefficient (Wildman–Crippen LogP) is 7.05. The first-order valence-electron chi connectivity index (χ1n) is 16.8. The van der Waals surface area contributed by atoms with Gasteiger partial charge in [0.15, 0.2) is 8.32 Å². The van der Waals surface area contributed by atoms with Gasteiger partial charge >= 0.3 is 11.9 Å². The van der Waals surface area contributed by atoms with E-state index in [9.17, 15) is 19.8 Å². The molecule has 0 aromatic carbocycles. The lowest BCUT2D eigenvalue weighted by atomic mass is 9.88. The summed E-state index contributed by atoms with van der Waals surface area (Å²) in [4.78, 5) is 24.5. The smallest absolute Gasteiger partial charge is 0.309 e. The van der Waals surface area contributed by atoms with Crippen molar-refractivity contribution in [3.63, 3.8) is 0 Å². The molecule has 9 heteroatoms. The maximum atomic E-state index is 12.7. The topological polar surface area (TPSA) is 115 Å². The molecular formula is C36H62O8Si. The van der Waals surface area contributed by atoms with Gasteiger partial charge in [-0.1, -0.05) is 72.8 Å². The molecule has 1 saturated heterocycles. The zero-order valence-electron chi connectivity index (χ0n) is 30.0. The van der Waals surface area contributed by atoms with Crippen LogP contribution in [0, 0.1) is 17.8 Å². The quantitative estimate of drug-likeness (QED) is 0.0804. The second-order valence-corrected chi connectivity index (χ2v) is 20.0. The molecule has 0 saturated carbocycles. The number of hydrogen-bond acceptors (Lipinski definition) is 8. The Kier molecular flexibility index (Phi) is 14.3. The number of epoxide rings is 1. The average molecular weight is 651 g/mol. The minimum atomic E-state index is -1.86. The first-order chi connectivity index (χ1) is 20.7. The largest absolute Gasteiger partial charge is 0.457 e. The van der Waals surface area contributed by atoms with Crippen LogP contribution in [-0.4, -0.2) is 72.7 Å². The Hall–Kier alpha value is -1.78. The third-order valence-corrected chi connectivity index (χ3v) is 14.4. The van der Waals surface area contributed by atoms with Crippen LogP contribution in [0.25, 0.3) is 0 Å². The fourth-order valence-electron chi connectivity index (χ4n) is 5.70. The van der Waals surface area contributed by atoms with E-state index in [-0.39, 0.29) is 54.4 Å². The molecule has 0 unspecified atom stereocenters. The van der Waals surface area contributed by atoms with Crippen LogP contribution in [0.5, 0.6) is 0 Å². The van der Waals surface area contributed by atoms with E-state index in [1.54, 1.807) is 13.0 Å². The number of allylic oxidation sites excluding steroid dienone is 3. The van der Waals surface area contributed by atoms with Gasteiger partial charge in [0, 0.05) is 24.9 Å². The fraction of sp³-hybridized carbons (Fsp3) is 0.778. The predicted molar refractivity (Wildman–Crippen MR) is 181 cm³/mol. The van der Waals surface area contributed by atoms with Gasteiger partial charge in [-0.2, -0.15) is 0 Å². The van der Waals surface area contributed by atoms with Crippen LogP contribution in [0.15, 0.2) is 36.0 Å². The van der Waals surface area contributed by atoms with Crippen molar-refractivity contribution in [2.75, 3.05) is 0 Å². The lowest BCUT2D eigenvalue weighted by Gasteiger charge is -2.40. The first kappa shape index (κ1) is 39.4. The lowest BCUT2D eigenvalue weighted by Crippen LogP contribution is -2.46. The van der Waals surface area contributed by atoms with Crippen molar-refractivity contribution in [2.45, 2.75) is 162 Å². The van der Waals surface area contributed by atoms with Gasteiger partial charge in [-0.05, 0) is 75.2 Å². The number of aliphatic hydroxyl groups excluding tert-OH is 1. The Labute approximate surface area is 273 Å². The number of carbonyl (C=O) groups is 2. The molecule has 0 aliphatic carbocycles. The van der Waals surface area contributed by atoms with Crippen LogP contribution < -0.4 is 0 Å². The number of rotatable bonds is 11. The van der Waals surface area contributed by atoms with Gasteiger partial charge in [0.05, 0.1) is 24.7 Å². The maximum Gasteiger partial charge on any atom is 0.309 e. The fourth-order valence-corrected chi connectivity index (χ4v) is 7.20. The lowest BCUT2D eigenvalue weighted by molar-refractivity contribution is -0.157. The standard InChI is InChI=1S/C36H62O8Si/c1-13-29(44-45(11,12)35(7,8)9)26(5)34-30(42-34)21-23(2)15-14-16-24(3)33-25(4)17-18-31(41-27(6)37)36(10,40)20-19-28(38)22-32(39)43-33/h14-18,23,25-26,28-31,33-34,38,40H,13,19-22H2,1-12H3/t23-,25+,26-,28-,29+,30-,31+,33-,34-,36-/m1/s1. The van der Waals surface area contributed by atoms with Crippen molar-refractivity contribution in [1.82, 2.24) is 0 Å². The second kappa shape index (κ2) is 16.4. The number of hydrogen-bond donors (Lipinski definition) is 2. The highest BCUT2D eigenvalue weighted by atomic mass is 28.4. The molecule has 0 amide bonds. The van der Waals surface area contributed by atoms with Gasteiger partial charge in [0.1, 0.15) is 17.8 Å². The van der Waals surface area contributed by atoms with Crippen molar-refractivity contribution >= 4 is 20.3 Å². The molecule has 0 spiro atoms. The second-order valence-electron chi connectivity index (χ2n) is 15.3. The van der Waals surface area contributed by atoms with Gasteiger partial charge in [-0.25, -0.2) is 0 Å². The molecule has 2 rings (SSSR count). The van der Waals surface area contributed by atoms with Gasteiger partial charge in [-0.15, -0.1) is 0 Å². The van der Waals surface area contributed by atoms with E-state index in [0.717, 1.165) is 18.4 Å². The van der Waals surface area contributed by atoms with E-state index in [4.69, 9.17) is 18.6 Å². The van der Waals surface area contributed by atoms with Gasteiger partial charge in [0.25, 0.3) is 0 Å². The number of cyclic esters (lactones) is 1. The van der Waals surface area contributed by atoms with E-state index in [0.29, 0.717) is 5.92 Å². The molecule has 45 heavy (non-hydrogen) atoms. The summed E-state index contributed by atoms with van der Waals surface area (Å²) >= 11 is 0. The molecule has 258 valence electrons. The summed E-state index contributed by atoms with van der Waals surface area (Å²) in [7, 11) is -1.86. The van der Waals surface area contributed by atoms with Crippen LogP contribution in [0.3, 0.4) is 0 Å². The molecule has 0 aromatic rings. The van der Waals surface area contributed by atoms with Crippen molar-refractivity contribution in [3.05, 3.63) is 36.0 Å². The summed E-state index contributed by atoms with van der Waals surface area (Å²) in [5, 5.41) is 21.6. The van der Waals surface area contributed by atoms with Gasteiger partial charge in [-0.3, -0.25) is 9.59 Å². The summed E-state index contributed by atoms with van der Waals surface area (Å²) in [6.45, 7) is 24.8. The van der Waals surface area contributed by atoms with Crippen LogP contribution >= 0.6 is 0 Å². The molecular weight excluding hydrogens is 588 g/mol. The van der Waals surface area contributed by atoms with Crippen LogP contribution in [0.1, 0.15) is 101 Å². The van der Waals surface area contributed by atoms with E-state index in [1.807, 2.05) is 32.1 Å². The molecule has 2 aliphatic heterocycles. The van der Waals surface area contributed by atoms with Gasteiger partial charge in [0.2, 0.25) is 0 Å². The van der Waals surface area contributed by atoms with E-state index < -0.39 is 44.2 Å². The Bertz CT molecular complexity index is 1070. The van der Waals surface area contributed by atoms with Crippen molar-refractivity contribution in [2.24, 2.45) is 17.8 Å². The van der Waals surface area contributed by atoms with E-state index >= 15 is 0 Å². The minimum Gasteiger partial charge on any atom is -0.457 e. The summed E-state index contributed by atoms with van der Waals surface area (Å²) in [5.74, 6) is -0.658. The Morgan fingerprint density at radius 2 is 1.87 bits per heavy atom. The molecule has 2 aliphatic rings. The van der Waals surface area contributed by atoms with Gasteiger partial charge < -0.3 is 28.8 Å². The number of ether oxygens (including phenoxy) is 3.